The highest BCUT2D eigenvalue weighted by atomic mass is 16.6. The standard InChI is InChI=1S/2C12H15BO5.C10H11BO5.C7H7BO3/c2*1-2-16-12(14)5-6-17-10-4-3-9-8-18-13(15)11(9)7-10;12-10(13)3-4-15-8-2-1-7-6-16-11(14)9(7)5-8;9-6-2-1-5-4-11-8(10)7(5)3-6/h2*3-4,7,15H,2,5-6,8H2,1H3;1-2,5,14H,3-4,6H2,(H,12,13);1-3,9-10H,4H2. The van der Waals surface area contributed by atoms with Crippen LogP contribution in [0.15, 0.2) is 72.8 Å². The van der Waals surface area contributed by atoms with E-state index in [9.17, 15) is 34.5 Å². The number of carbonyl (C=O) groups is 3. The van der Waals surface area contributed by atoms with Crippen LogP contribution >= 0.6 is 0 Å². The van der Waals surface area contributed by atoms with Crippen LogP contribution in [0.2, 0.25) is 0 Å². The van der Waals surface area contributed by atoms with Gasteiger partial charge in [0.05, 0.1) is 78.7 Å². The summed E-state index contributed by atoms with van der Waals surface area (Å²) in [7, 11) is -3.53. The number of aromatic hydroxyl groups is 1. The predicted molar refractivity (Wildman–Crippen MR) is 228 cm³/mol. The average Bonchev–Trinajstić information content (AvgIpc) is 4.04. The molecule has 63 heavy (non-hydrogen) atoms. The monoisotopic (exact) mass is 872 g/mol. The Balaban J connectivity index is 0.000000160. The van der Waals surface area contributed by atoms with Gasteiger partial charge in [0.1, 0.15) is 23.0 Å². The summed E-state index contributed by atoms with van der Waals surface area (Å²) < 4.78 is 45.8. The Hall–Kier alpha value is -5.57. The van der Waals surface area contributed by atoms with Gasteiger partial charge in [0.25, 0.3) is 0 Å². The molecule has 0 saturated carbocycles. The summed E-state index contributed by atoms with van der Waals surface area (Å²) in [4.78, 5) is 32.5. The number of hydrogen-bond donors (Lipinski definition) is 6. The molecule has 0 unspecified atom stereocenters. The van der Waals surface area contributed by atoms with E-state index < -0.39 is 34.4 Å². The number of aliphatic carboxylic acids is 1. The Bertz CT molecular complexity index is 2080. The summed E-state index contributed by atoms with van der Waals surface area (Å²) in [5.41, 5.74) is 6.60. The molecule has 4 aromatic rings. The molecule has 332 valence electrons. The highest BCUT2D eigenvalue weighted by molar-refractivity contribution is 6.62. The highest BCUT2D eigenvalue weighted by Gasteiger charge is 2.30. The van der Waals surface area contributed by atoms with Crippen LogP contribution in [0.3, 0.4) is 0 Å². The summed E-state index contributed by atoms with van der Waals surface area (Å²) in [5.74, 6) is 0.483. The van der Waals surface area contributed by atoms with E-state index in [-0.39, 0.29) is 56.8 Å². The number of hydrogen-bond acceptors (Lipinski definition) is 17. The lowest BCUT2D eigenvalue weighted by Crippen LogP contribution is -2.28. The van der Waals surface area contributed by atoms with Gasteiger partial charge in [-0.05, 0) is 106 Å². The number of carboxylic acid groups (broad SMARTS) is 1. The lowest BCUT2D eigenvalue weighted by atomic mass is 9.79. The minimum Gasteiger partial charge on any atom is -0.508 e. The number of esters is 2. The van der Waals surface area contributed by atoms with Crippen molar-refractivity contribution in [2.45, 2.75) is 59.5 Å². The number of rotatable bonds is 14. The van der Waals surface area contributed by atoms with E-state index in [2.05, 4.69) is 0 Å². The van der Waals surface area contributed by atoms with Crippen LogP contribution in [-0.2, 0) is 68.9 Å². The Kier molecular flexibility index (Phi) is 18.7. The molecule has 0 bridgehead atoms. The summed E-state index contributed by atoms with van der Waals surface area (Å²) in [6.45, 7) is 6.57. The van der Waals surface area contributed by atoms with Gasteiger partial charge in [-0.15, -0.1) is 0 Å². The number of carbonyl (C=O) groups excluding carboxylic acids is 2. The van der Waals surface area contributed by atoms with Crippen molar-refractivity contribution in [3.63, 3.8) is 0 Å². The molecular formula is C41H48B4O18. The average molecular weight is 872 g/mol. The van der Waals surface area contributed by atoms with E-state index in [0.717, 1.165) is 33.2 Å². The second-order valence-electron chi connectivity index (χ2n) is 13.9. The topological polar surface area (TPSA) is 256 Å². The van der Waals surface area contributed by atoms with Gasteiger partial charge in [0.2, 0.25) is 0 Å². The van der Waals surface area contributed by atoms with E-state index >= 15 is 0 Å². The number of phenols is 1. The molecule has 18 nitrogen and oxygen atoms in total. The number of fused-ring (bicyclic) bond motifs is 4. The van der Waals surface area contributed by atoms with Crippen molar-refractivity contribution in [2.24, 2.45) is 0 Å². The van der Waals surface area contributed by atoms with E-state index in [0.29, 0.717) is 67.8 Å². The van der Waals surface area contributed by atoms with Crippen LogP contribution in [0.4, 0.5) is 0 Å². The van der Waals surface area contributed by atoms with Crippen molar-refractivity contribution in [3.05, 3.63) is 95.1 Å². The second-order valence-corrected chi connectivity index (χ2v) is 13.9. The molecule has 6 N–H and O–H groups in total. The van der Waals surface area contributed by atoms with Gasteiger partial charge in [-0.3, -0.25) is 14.4 Å². The van der Waals surface area contributed by atoms with Crippen molar-refractivity contribution in [2.75, 3.05) is 33.0 Å². The molecule has 4 aliphatic heterocycles. The predicted octanol–water partition coefficient (Wildman–Crippen LogP) is -0.160. The summed E-state index contributed by atoms with van der Waals surface area (Å²) in [6, 6.07) is 20.8. The number of phenolic OH excluding ortho intramolecular Hbond substituents is 1. The molecule has 0 atom stereocenters. The summed E-state index contributed by atoms with van der Waals surface area (Å²) >= 11 is 0. The van der Waals surface area contributed by atoms with Gasteiger partial charge in [0, 0.05) is 0 Å². The third-order valence-electron chi connectivity index (χ3n) is 9.48. The summed E-state index contributed by atoms with van der Waals surface area (Å²) in [6.07, 6.45) is 0.379. The molecule has 4 aromatic carbocycles. The second kappa shape index (κ2) is 24.3. The molecule has 0 radical (unpaired) electrons. The van der Waals surface area contributed by atoms with Crippen LogP contribution in [0.1, 0.15) is 55.4 Å². The molecule has 0 fully saturated rings. The molecule has 0 aliphatic carbocycles. The third kappa shape index (κ3) is 14.8. The first kappa shape index (κ1) is 48.5. The molecule has 4 heterocycles. The van der Waals surface area contributed by atoms with E-state index in [1.165, 1.54) is 6.07 Å². The zero-order chi connectivity index (χ0) is 45.3. The van der Waals surface area contributed by atoms with Crippen LogP contribution in [-0.4, -0.2) is 110 Å². The van der Waals surface area contributed by atoms with Gasteiger partial charge >= 0.3 is 46.4 Å². The number of carboxylic acids is 1. The van der Waals surface area contributed by atoms with E-state index in [1.807, 2.05) is 18.2 Å². The van der Waals surface area contributed by atoms with Crippen molar-refractivity contribution in [1.82, 2.24) is 0 Å². The zero-order valence-electron chi connectivity index (χ0n) is 34.8. The maximum absolute atomic E-state index is 11.1. The smallest absolute Gasteiger partial charge is 0.491 e. The maximum Gasteiger partial charge on any atom is 0.491 e. The maximum atomic E-state index is 11.1. The van der Waals surface area contributed by atoms with Crippen LogP contribution in [0.5, 0.6) is 23.0 Å². The Morgan fingerprint density at radius 2 is 0.825 bits per heavy atom. The molecule has 8 rings (SSSR count). The van der Waals surface area contributed by atoms with Gasteiger partial charge in [0.15, 0.2) is 0 Å². The minimum atomic E-state index is -0.905. The normalized spacial score (nSPS) is 13.7. The molecular weight excluding hydrogens is 824 g/mol. The molecule has 4 aliphatic rings. The Morgan fingerprint density at radius 3 is 1.16 bits per heavy atom. The van der Waals surface area contributed by atoms with Gasteiger partial charge < -0.3 is 72.6 Å². The van der Waals surface area contributed by atoms with Gasteiger partial charge in [-0.1, -0.05) is 24.3 Å². The number of ether oxygens (including phenoxy) is 5. The quantitative estimate of drug-likeness (QED) is 0.0711. The zero-order valence-corrected chi connectivity index (χ0v) is 34.8. The van der Waals surface area contributed by atoms with Crippen LogP contribution in [0.25, 0.3) is 0 Å². The lowest BCUT2D eigenvalue weighted by molar-refractivity contribution is -0.144. The number of benzene rings is 4. The first-order valence-electron chi connectivity index (χ1n) is 20.1. The van der Waals surface area contributed by atoms with E-state index in [4.69, 9.17) is 52.5 Å². The van der Waals surface area contributed by atoms with Crippen LogP contribution < -0.4 is 36.1 Å². The van der Waals surface area contributed by atoms with Gasteiger partial charge in [-0.2, -0.15) is 0 Å². The molecule has 0 spiro atoms. The van der Waals surface area contributed by atoms with Crippen molar-refractivity contribution in [3.8, 4) is 23.0 Å². The molecule has 0 aromatic heterocycles. The first-order chi connectivity index (χ1) is 30.3. The largest absolute Gasteiger partial charge is 0.508 e. The SMILES string of the molecule is CCOC(=O)CCOc1ccc2c(c1)B(O)OC2.CCOC(=O)CCOc1ccc2c(c1)B(O)OC2.O=C(O)CCOc1ccc2c(c1)B(O)OC2.OB1OCc2ccc(O)cc21. The lowest BCUT2D eigenvalue weighted by Gasteiger charge is -2.07. The Morgan fingerprint density at radius 1 is 0.508 bits per heavy atom. The minimum absolute atomic E-state index is 0.0455. The molecule has 22 heteroatoms. The van der Waals surface area contributed by atoms with Crippen molar-refractivity contribution >= 4 is 68.2 Å². The fourth-order valence-electron chi connectivity index (χ4n) is 6.28. The van der Waals surface area contributed by atoms with Crippen molar-refractivity contribution in [1.29, 1.82) is 0 Å². The fourth-order valence-corrected chi connectivity index (χ4v) is 6.28. The van der Waals surface area contributed by atoms with Gasteiger partial charge in [-0.25, -0.2) is 0 Å². The fraction of sp³-hybridized carbons (Fsp3) is 0.341. The molecule has 0 saturated heterocycles. The highest BCUT2D eigenvalue weighted by Crippen LogP contribution is 2.19. The van der Waals surface area contributed by atoms with E-state index in [1.54, 1.807) is 62.4 Å². The van der Waals surface area contributed by atoms with Crippen LogP contribution in [0, 0.1) is 0 Å². The molecule has 0 amide bonds. The van der Waals surface area contributed by atoms with Crippen molar-refractivity contribution < 1.29 is 87.0 Å². The Labute approximate surface area is 365 Å². The first-order valence-corrected chi connectivity index (χ1v) is 20.1. The third-order valence-corrected chi connectivity index (χ3v) is 9.48. The summed E-state index contributed by atoms with van der Waals surface area (Å²) in [5, 5.41) is 55.2.